The van der Waals surface area contributed by atoms with Crippen LogP contribution in [0.2, 0.25) is 0 Å². The van der Waals surface area contributed by atoms with Crippen molar-refractivity contribution in [2.24, 2.45) is 10.8 Å². The number of hydrogen-bond acceptors (Lipinski definition) is 0. The second-order valence-corrected chi connectivity index (χ2v) is 21.3. The van der Waals surface area contributed by atoms with Gasteiger partial charge in [0.15, 0.2) is 0 Å². The van der Waals surface area contributed by atoms with Crippen LogP contribution in [0.25, 0.3) is 35.5 Å². The molecule has 1 fully saturated rings. The predicted molar refractivity (Wildman–Crippen MR) is 275 cm³/mol. The molecule has 0 radical (unpaired) electrons. The summed E-state index contributed by atoms with van der Waals surface area (Å²) in [6.07, 6.45) is 41.6. The second kappa shape index (κ2) is 16.2. The van der Waals surface area contributed by atoms with E-state index in [0.29, 0.717) is 0 Å². The molecule has 0 saturated heterocycles. The van der Waals surface area contributed by atoms with Crippen molar-refractivity contribution in [1.82, 2.24) is 0 Å². The molecule has 0 nitrogen and oxygen atoms in total. The maximum atomic E-state index is 2.65. The molecule has 2 spiro atoms. The first-order chi connectivity index (χ1) is 32.2. The molecule has 5 aromatic carbocycles. The van der Waals surface area contributed by atoms with Crippen LogP contribution in [0.1, 0.15) is 161 Å². The van der Waals surface area contributed by atoms with E-state index in [1.165, 1.54) is 130 Å². The molecule has 2 atom stereocenters. The summed E-state index contributed by atoms with van der Waals surface area (Å²) < 4.78 is 0. The van der Waals surface area contributed by atoms with Gasteiger partial charge in [-0.3, -0.25) is 0 Å². The molecule has 6 bridgehead atoms. The van der Waals surface area contributed by atoms with Crippen molar-refractivity contribution in [3.05, 3.63) is 209 Å². The summed E-state index contributed by atoms with van der Waals surface area (Å²) in [5.74, 6) is 0. The van der Waals surface area contributed by atoms with Crippen LogP contribution in [0.3, 0.4) is 0 Å². The molecule has 0 N–H and O–H groups in total. The van der Waals surface area contributed by atoms with Gasteiger partial charge in [-0.05, 0) is 232 Å². The van der Waals surface area contributed by atoms with Gasteiger partial charge in [0, 0.05) is 10.8 Å². The average molecular weight is 845 g/mol. The Balaban J connectivity index is 0.817. The molecule has 1 saturated carbocycles. The van der Waals surface area contributed by atoms with Crippen LogP contribution in [0.15, 0.2) is 132 Å². The van der Waals surface area contributed by atoms with Gasteiger partial charge in [0.2, 0.25) is 0 Å². The Bertz CT molecular complexity index is 2930. The molecule has 8 aliphatic rings. The molecular weight excluding hydrogens is 781 g/mol. The number of allylic oxidation sites excluding steroid dienone is 8. The van der Waals surface area contributed by atoms with Crippen molar-refractivity contribution in [3.8, 4) is 0 Å². The van der Waals surface area contributed by atoms with Crippen molar-refractivity contribution in [2.75, 3.05) is 0 Å². The lowest BCUT2D eigenvalue weighted by Gasteiger charge is -2.40. The fourth-order valence-corrected chi connectivity index (χ4v) is 14.6. The third-order valence-corrected chi connectivity index (χ3v) is 17.8. The van der Waals surface area contributed by atoms with Gasteiger partial charge < -0.3 is 0 Å². The fourth-order valence-electron chi connectivity index (χ4n) is 14.6. The van der Waals surface area contributed by atoms with Gasteiger partial charge in [0.25, 0.3) is 0 Å². The summed E-state index contributed by atoms with van der Waals surface area (Å²) in [4.78, 5) is 0. The van der Waals surface area contributed by atoms with Gasteiger partial charge in [0.1, 0.15) is 0 Å². The molecule has 65 heavy (non-hydrogen) atoms. The quantitative estimate of drug-likeness (QED) is 0.146. The van der Waals surface area contributed by atoms with Gasteiger partial charge in [-0.1, -0.05) is 148 Å². The second-order valence-electron chi connectivity index (χ2n) is 21.3. The minimum Gasteiger partial charge on any atom is -0.0760 e. The van der Waals surface area contributed by atoms with Gasteiger partial charge in [-0.2, -0.15) is 0 Å². The number of rotatable bonds is 0. The number of fused-ring (bicyclic) bond motifs is 7. The SMILES string of the molecule is C1=C2C(=CCC1)C1=Cc3cccc4c3CC13Cc1c(cccc1CCCCCCCc1cccc5c1CCC16Cc7c(cccc7CCCCCCC4)C=C1c1ccccc1C6=C5)C=C23. The van der Waals surface area contributed by atoms with Crippen LogP contribution in [-0.2, 0) is 51.4 Å². The van der Waals surface area contributed by atoms with Crippen molar-refractivity contribution in [1.29, 1.82) is 0 Å². The van der Waals surface area contributed by atoms with Crippen molar-refractivity contribution < 1.29 is 0 Å². The van der Waals surface area contributed by atoms with Gasteiger partial charge >= 0.3 is 0 Å². The third kappa shape index (κ3) is 6.51. The zero-order chi connectivity index (χ0) is 43.0. The molecule has 8 aliphatic carbocycles. The minimum absolute atomic E-state index is 0.0409. The Hall–Kier alpha value is -5.46. The molecule has 0 aliphatic heterocycles. The van der Waals surface area contributed by atoms with E-state index in [-0.39, 0.29) is 10.8 Å². The average Bonchev–Trinajstić information content (AvgIpc) is 3.68. The maximum absolute atomic E-state index is 2.65. The molecule has 13 rings (SSSR count). The number of aryl methyl sites for hydroxylation is 4. The van der Waals surface area contributed by atoms with E-state index in [1.807, 2.05) is 0 Å². The molecular formula is C65H64. The van der Waals surface area contributed by atoms with E-state index in [2.05, 4.69) is 134 Å². The summed E-state index contributed by atoms with van der Waals surface area (Å²) in [6, 6.07) is 38.3. The van der Waals surface area contributed by atoms with Crippen molar-refractivity contribution >= 4 is 35.5 Å². The molecule has 0 amide bonds. The van der Waals surface area contributed by atoms with Gasteiger partial charge in [-0.15, -0.1) is 0 Å². The standard InChI is InChI=1S/C65H64/c1-3-7-19-44-23-15-27-48-37-60-53-31-11-12-32-54(53)61-38-49-28-16-24-45(57(49)41-64(60,61)36-35-52(44)48)20-8-5-2-6-10-22-47-26-18-30-51-40-63-56-34-14-13-33-55(56)62-39-50-29-17-25-46(21-9-4-1)58(50)42-65(62,63)43-59(47)51/h11-12,15-18,23-34,37-40H,1-10,13-14,19-22,35-36,41-43H2. The fraction of sp³-hybridized carbons (Fsp3) is 0.354. The van der Waals surface area contributed by atoms with E-state index < -0.39 is 0 Å². The lowest BCUT2D eigenvalue weighted by atomic mass is 9.62. The minimum atomic E-state index is 0.0409. The third-order valence-electron chi connectivity index (χ3n) is 17.8. The van der Waals surface area contributed by atoms with Gasteiger partial charge in [0.05, 0.1) is 0 Å². The number of benzene rings is 5. The molecule has 324 valence electrons. The highest BCUT2D eigenvalue weighted by Crippen LogP contribution is 2.64. The normalized spacial score (nSPS) is 24.3. The van der Waals surface area contributed by atoms with Crippen molar-refractivity contribution in [3.63, 3.8) is 0 Å². The van der Waals surface area contributed by atoms with Crippen LogP contribution in [-0.4, -0.2) is 0 Å². The molecule has 0 heterocycles. The van der Waals surface area contributed by atoms with E-state index in [4.69, 9.17) is 0 Å². The smallest absolute Gasteiger partial charge is 0.0296 e. The zero-order valence-corrected chi connectivity index (χ0v) is 38.6. The Labute approximate surface area is 388 Å². The van der Waals surface area contributed by atoms with E-state index in [1.54, 1.807) is 77.9 Å². The molecule has 5 aromatic rings. The molecule has 0 heteroatoms. The highest BCUT2D eigenvalue weighted by atomic mass is 14.5. The summed E-state index contributed by atoms with van der Waals surface area (Å²) in [7, 11) is 0. The first-order valence-corrected chi connectivity index (χ1v) is 26.0. The molecule has 2 unspecified atom stereocenters. The highest BCUT2D eigenvalue weighted by Gasteiger charge is 2.52. The largest absolute Gasteiger partial charge is 0.0760 e. The zero-order valence-electron chi connectivity index (χ0n) is 38.6. The van der Waals surface area contributed by atoms with Crippen LogP contribution in [0.5, 0.6) is 0 Å². The summed E-state index contributed by atoms with van der Waals surface area (Å²) in [5.41, 5.74) is 31.4. The van der Waals surface area contributed by atoms with Crippen LogP contribution >= 0.6 is 0 Å². The summed E-state index contributed by atoms with van der Waals surface area (Å²) in [6.45, 7) is 0. The highest BCUT2D eigenvalue weighted by molar-refractivity contribution is 6.09. The molecule has 0 aromatic heterocycles. The lowest BCUT2D eigenvalue weighted by molar-refractivity contribution is 0.444. The van der Waals surface area contributed by atoms with E-state index in [9.17, 15) is 0 Å². The monoisotopic (exact) mass is 845 g/mol. The lowest BCUT2D eigenvalue weighted by Crippen LogP contribution is -2.33. The number of hydrogen-bond donors (Lipinski definition) is 0. The topological polar surface area (TPSA) is 0 Å². The Morgan fingerprint density at radius 3 is 1.12 bits per heavy atom. The van der Waals surface area contributed by atoms with Crippen LogP contribution < -0.4 is 0 Å². The Kier molecular flexibility index (Phi) is 9.91. The predicted octanol–water partition coefficient (Wildman–Crippen LogP) is 16.3. The van der Waals surface area contributed by atoms with Crippen LogP contribution in [0.4, 0.5) is 0 Å². The Morgan fingerprint density at radius 1 is 0.308 bits per heavy atom. The summed E-state index contributed by atoms with van der Waals surface area (Å²) >= 11 is 0. The maximum Gasteiger partial charge on any atom is 0.0296 e. The summed E-state index contributed by atoms with van der Waals surface area (Å²) in [5, 5.41) is 0. The Morgan fingerprint density at radius 2 is 0.677 bits per heavy atom. The van der Waals surface area contributed by atoms with Crippen LogP contribution in [0, 0.1) is 10.8 Å². The first kappa shape index (κ1) is 39.9. The van der Waals surface area contributed by atoms with Gasteiger partial charge in [-0.25, -0.2) is 0 Å². The van der Waals surface area contributed by atoms with Crippen molar-refractivity contribution in [2.45, 2.75) is 135 Å². The first-order valence-electron chi connectivity index (χ1n) is 26.0. The van der Waals surface area contributed by atoms with E-state index >= 15 is 0 Å². The van der Waals surface area contributed by atoms with E-state index in [0.717, 1.165) is 38.5 Å².